The third kappa shape index (κ3) is 2.55. The first-order valence-corrected chi connectivity index (χ1v) is 8.52. The van der Waals surface area contributed by atoms with Gasteiger partial charge in [-0.05, 0) is 60.7 Å². The number of hydrogen-bond donors (Lipinski definition) is 0. The van der Waals surface area contributed by atoms with Crippen molar-refractivity contribution in [2.24, 2.45) is 0 Å². The minimum absolute atomic E-state index is 0.133. The molecule has 0 unspecified atom stereocenters. The molecule has 2 aromatic rings. The Balaban J connectivity index is 1.60. The quantitative estimate of drug-likeness (QED) is 0.806. The van der Waals surface area contributed by atoms with Crippen LogP contribution in [-0.2, 0) is 11.8 Å². The molecule has 26 heavy (non-hydrogen) atoms. The van der Waals surface area contributed by atoms with E-state index in [4.69, 9.17) is 4.74 Å². The number of rotatable bonds is 3. The molecular weight excluding hydrogens is 343 g/mol. The highest BCUT2D eigenvalue weighted by Gasteiger charge is 2.64. The molecule has 0 atom stereocenters. The van der Waals surface area contributed by atoms with Crippen LogP contribution in [0.15, 0.2) is 42.5 Å². The Morgan fingerprint density at radius 3 is 2.35 bits per heavy atom. The molecule has 0 N–H and O–H groups in total. The molecule has 1 fully saturated rings. The third-order valence-corrected chi connectivity index (χ3v) is 5.42. The highest BCUT2D eigenvalue weighted by Crippen LogP contribution is 2.58. The predicted molar refractivity (Wildman–Crippen MR) is 91.8 cm³/mol. The first-order valence-electron chi connectivity index (χ1n) is 8.52. The molecule has 0 saturated heterocycles. The minimum Gasteiger partial charge on any atom is -0.497 e. The summed E-state index contributed by atoms with van der Waals surface area (Å²) >= 11 is 0. The Morgan fingerprint density at radius 1 is 1.08 bits per heavy atom. The summed E-state index contributed by atoms with van der Waals surface area (Å²) in [4.78, 5) is 14.4. The van der Waals surface area contributed by atoms with Crippen LogP contribution in [-0.4, -0.2) is 25.7 Å². The van der Waals surface area contributed by atoms with Crippen LogP contribution in [0.4, 0.5) is 18.9 Å². The number of carbonyl (C=O) groups excluding carboxylic acids is 1. The van der Waals surface area contributed by atoms with Gasteiger partial charge in [-0.1, -0.05) is 12.1 Å². The number of nitrogens with zero attached hydrogens (tertiary/aromatic N) is 1. The van der Waals surface area contributed by atoms with E-state index in [9.17, 15) is 18.0 Å². The van der Waals surface area contributed by atoms with Crippen LogP contribution in [0.5, 0.6) is 5.75 Å². The molecule has 3 nitrogen and oxygen atoms in total. The van der Waals surface area contributed by atoms with E-state index in [1.807, 2.05) is 6.07 Å². The molecular formula is C20H18F3NO2. The fourth-order valence-corrected chi connectivity index (χ4v) is 3.66. The van der Waals surface area contributed by atoms with Crippen molar-refractivity contribution in [1.29, 1.82) is 0 Å². The first kappa shape index (κ1) is 16.9. The Bertz CT molecular complexity index is 854. The summed E-state index contributed by atoms with van der Waals surface area (Å²) < 4.78 is 44.9. The number of halogens is 3. The van der Waals surface area contributed by atoms with Crippen LogP contribution in [0.3, 0.4) is 0 Å². The first-order chi connectivity index (χ1) is 12.4. The van der Waals surface area contributed by atoms with E-state index in [-0.39, 0.29) is 24.3 Å². The monoisotopic (exact) mass is 361 g/mol. The maximum absolute atomic E-state index is 13.3. The number of alkyl halides is 3. The second kappa shape index (κ2) is 5.76. The maximum atomic E-state index is 13.3. The molecule has 2 aromatic carbocycles. The van der Waals surface area contributed by atoms with Crippen molar-refractivity contribution in [3.8, 4) is 5.75 Å². The van der Waals surface area contributed by atoms with Crippen LogP contribution in [0.1, 0.15) is 34.3 Å². The van der Waals surface area contributed by atoms with Crippen molar-refractivity contribution in [2.45, 2.75) is 30.9 Å². The molecule has 1 aliphatic carbocycles. The normalized spacial score (nSPS) is 18.5. The SMILES string of the molecule is COc1ccc2c(c1)CCN(c1ccc(C3(C(F)(F)F)CC3)cc1)C2=O. The highest BCUT2D eigenvalue weighted by atomic mass is 19.4. The summed E-state index contributed by atoms with van der Waals surface area (Å²) in [5.74, 6) is 0.565. The van der Waals surface area contributed by atoms with Crippen LogP contribution in [0, 0.1) is 0 Å². The number of methoxy groups -OCH3 is 1. The van der Waals surface area contributed by atoms with Gasteiger partial charge in [-0.15, -0.1) is 0 Å². The Kier molecular flexibility index (Phi) is 3.75. The van der Waals surface area contributed by atoms with Crippen LogP contribution in [0.2, 0.25) is 0 Å². The number of carbonyl (C=O) groups is 1. The van der Waals surface area contributed by atoms with Gasteiger partial charge >= 0.3 is 6.18 Å². The molecule has 1 amide bonds. The van der Waals surface area contributed by atoms with Gasteiger partial charge in [0, 0.05) is 17.8 Å². The Morgan fingerprint density at radius 2 is 1.77 bits per heavy atom. The standard InChI is InChI=1S/C20H18F3NO2/c1-26-16-6-7-17-13(12-16)8-11-24(18(17)25)15-4-2-14(3-5-15)19(9-10-19)20(21,22)23/h2-7,12H,8-11H2,1H3. The fraction of sp³-hybridized carbons (Fsp3) is 0.350. The average molecular weight is 361 g/mol. The van der Waals surface area contributed by atoms with Gasteiger partial charge in [-0.2, -0.15) is 13.2 Å². The number of fused-ring (bicyclic) bond motifs is 1. The molecule has 6 heteroatoms. The summed E-state index contributed by atoms with van der Waals surface area (Å²) in [6.07, 6.45) is -3.29. The zero-order valence-corrected chi connectivity index (χ0v) is 14.3. The average Bonchev–Trinajstić information content (AvgIpc) is 3.44. The van der Waals surface area contributed by atoms with E-state index in [0.29, 0.717) is 30.0 Å². The van der Waals surface area contributed by atoms with Gasteiger partial charge in [-0.25, -0.2) is 0 Å². The lowest BCUT2D eigenvalue weighted by Crippen LogP contribution is -2.37. The van der Waals surface area contributed by atoms with Crippen LogP contribution in [0.25, 0.3) is 0 Å². The number of benzene rings is 2. The van der Waals surface area contributed by atoms with Gasteiger partial charge in [-0.3, -0.25) is 4.79 Å². The summed E-state index contributed by atoms with van der Waals surface area (Å²) in [6, 6.07) is 11.6. The molecule has 1 heterocycles. The number of anilines is 1. The van der Waals surface area contributed by atoms with E-state index in [1.165, 1.54) is 12.1 Å². The van der Waals surface area contributed by atoms with E-state index < -0.39 is 11.6 Å². The lowest BCUT2D eigenvalue weighted by molar-refractivity contribution is -0.160. The Hall–Kier alpha value is -2.50. The summed E-state index contributed by atoms with van der Waals surface area (Å²) in [5.41, 5.74) is 0.744. The molecule has 4 rings (SSSR count). The van der Waals surface area contributed by atoms with Gasteiger partial charge in [0.05, 0.1) is 12.5 Å². The van der Waals surface area contributed by atoms with Crippen molar-refractivity contribution in [2.75, 3.05) is 18.6 Å². The van der Waals surface area contributed by atoms with Crippen molar-refractivity contribution in [3.05, 3.63) is 59.2 Å². The van der Waals surface area contributed by atoms with Crippen molar-refractivity contribution in [1.82, 2.24) is 0 Å². The van der Waals surface area contributed by atoms with Gasteiger partial charge < -0.3 is 9.64 Å². The topological polar surface area (TPSA) is 29.5 Å². The summed E-state index contributed by atoms with van der Waals surface area (Å²) in [7, 11) is 1.58. The second-order valence-corrected chi connectivity index (χ2v) is 6.86. The Labute approximate surface area is 149 Å². The molecule has 0 bridgehead atoms. The lowest BCUT2D eigenvalue weighted by Gasteiger charge is -2.29. The largest absolute Gasteiger partial charge is 0.497 e. The van der Waals surface area contributed by atoms with Crippen molar-refractivity contribution >= 4 is 11.6 Å². The number of amides is 1. The van der Waals surface area contributed by atoms with Gasteiger partial charge in [0.25, 0.3) is 5.91 Å². The zero-order valence-electron chi connectivity index (χ0n) is 14.3. The molecule has 0 spiro atoms. The minimum atomic E-state index is -4.23. The molecule has 136 valence electrons. The predicted octanol–water partition coefficient (Wildman–Crippen LogP) is 4.49. The molecule has 2 aliphatic rings. The van der Waals surface area contributed by atoms with E-state index >= 15 is 0 Å². The van der Waals surface area contributed by atoms with Gasteiger partial charge in [0.2, 0.25) is 0 Å². The molecule has 0 aromatic heterocycles. The molecule has 1 saturated carbocycles. The second-order valence-electron chi connectivity index (χ2n) is 6.86. The molecule has 1 aliphatic heterocycles. The van der Waals surface area contributed by atoms with Crippen molar-refractivity contribution < 1.29 is 22.7 Å². The lowest BCUT2D eigenvalue weighted by atomic mass is 9.94. The number of ether oxygens (including phenoxy) is 1. The molecule has 0 radical (unpaired) electrons. The zero-order chi connectivity index (χ0) is 18.5. The third-order valence-electron chi connectivity index (χ3n) is 5.42. The van der Waals surface area contributed by atoms with Gasteiger partial charge in [0.1, 0.15) is 5.75 Å². The van der Waals surface area contributed by atoms with E-state index in [2.05, 4.69) is 0 Å². The van der Waals surface area contributed by atoms with E-state index in [0.717, 1.165) is 5.56 Å². The van der Waals surface area contributed by atoms with Crippen LogP contribution < -0.4 is 9.64 Å². The highest BCUT2D eigenvalue weighted by molar-refractivity contribution is 6.08. The number of hydrogen-bond acceptors (Lipinski definition) is 2. The van der Waals surface area contributed by atoms with E-state index in [1.54, 1.807) is 36.3 Å². The summed E-state index contributed by atoms with van der Waals surface area (Å²) in [5, 5.41) is 0. The van der Waals surface area contributed by atoms with Crippen molar-refractivity contribution in [3.63, 3.8) is 0 Å². The van der Waals surface area contributed by atoms with Gasteiger partial charge in [0.15, 0.2) is 0 Å². The summed E-state index contributed by atoms with van der Waals surface area (Å²) in [6.45, 7) is 0.489. The van der Waals surface area contributed by atoms with Crippen LogP contribution >= 0.6 is 0 Å². The fourth-order valence-electron chi connectivity index (χ4n) is 3.66. The maximum Gasteiger partial charge on any atom is 0.398 e. The smallest absolute Gasteiger partial charge is 0.398 e.